The first-order valence-electron chi connectivity index (χ1n) is 9.62. The number of fused-ring (bicyclic) bond motifs is 4. The summed E-state index contributed by atoms with van der Waals surface area (Å²) in [6, 6.07) is 5.41. The zero-order valence-electron chi connectivity index (χ0n) is 14.7. The Morgan fingerprint density at radius 2 is 0.810 bits per heavy atom. The lowest BCUT2D eigenvalue weighted by Crippen LogP contribution is -2.43. The van der Waals surface area contributed by atoms with Crippen LogP contribution in [0.3, 0.4) is 0 Å². The smallest absolute Gasteiger partial charge is 0.0102 e. The third-order valence-corrected chi connectivity index (χ3v) is 6.45. The average Bonchev–Trinajstić information content (AvgIpc) is 3.11. The van der Waals surface area contributed by atoms with Crippen LogP contribution in [0, 0.1) is 0 Å². The van der Waals surface area contributed by atoms with E-state index in [9.17, 15) is 0 Å². The van der Waals surface area contributed by atoms with Crippen molar-refractivity contribution >= 4 is 0 Å². The second-order valence-electron chi connectivity index (χ2n) is 8.36. The Balaban J connectivity index is 0.000000126. The van der Waals surface area contributed by atoms with E-state index < -0.39 is 0 Å². The first kappa shape index (κ1) is 15.8. The summed E-state index contributed by atoms with van der Waals surface area (Å²) >= 11 is 0. The first-order chi connectivity index (χ1) is 10.1. The normalized spacial score (nSPS) is 39.1. The van der Waals surface area contributed by atoms with Crippen molar-refractivity contribution in [1.29, 1.82) is 0 Å². The highest BCUT2D eigenvalue weighted by Gasteiger charge is 2.40. The number of piperidine rings is 1. The molecular formula is C19H36N2. The SMILES string of the molecule is CC(C)N1C2CCC1CC2.CC(C)N1C2CCCC1CC2. The van der Waals surface area contributed by atoms with Crippen LogP contribution in [0.5, 0.6) is 0 Å². The highest BCUT2D eigenvalue weighted by atomic mass is 15.3. The highest BCUT2D eigenvalue weighted by Crippen LogP contribution is 2.38. The molecule has 0 aromatic heterocycles. The molecule has 0 spiro atoms. The fourth-order valence-corrected chi connectivity index (χ4v) is 5.80. The molecule has 4 saturated heterocycles. The van der Waals surface area contributed by atoms with Gasteiger partial charge in [-0.2, -0.15) is 0 Å². The molecule has 2 unspecified atom stereocenters. The standard InChI is InChI=1S/C10H19N.C9H17N/c1-8(2)11-9-4-3-5-10(11)7-6-9;1-7(2)10-8-3-4-9(10)6-5-8/h8-10H,3-7H2,1-2H3;7-9H,3-6H2,1-2H3. The fraction of sp³-hybridized carbons (Fsp3) is 1.00. The third-order valence-electron chi connectivity index (χ3n) is 6.45. The summed E-state index contributed by atoms with van der Waals surface area (Å²) in [5, 5.41) is 0. The quantitative estimate of drug-likeness (QED) is 0.742. The van der Waals surface area contributed by atoms with Crippen LogP contribution < -0.4 is 0 Å². The second-order valence-corrected chi connectivity index (χ2v) is 8.36. The van der Waals surface area contributed by atoms with Crippen LogP contribution in [-0.4, -0.2) is 46.1 Å². The van der Waals surface area contributed by atoms with Gasteiger partial charge in [-0.15, -0.1) is 0 Å². The van der Waals surface area contributed by atoms with Gasteiger partial charge in [-0.1, -0.05) is 6.42 Å². The van der Waals surface area contributed by atoms with Crippen LogP contribution >= 0.6 is 0 Å². The van der Waals surface area contributed by atoms with E-state index in [1.807, 2.05) is 0 Å². The average molecular weight is 293 g/mol. The molecule has 122 valence electrons. The molecule has 0 aromatic carbocycles. The van der Waals surface area contributed by atoms with Gasteiger partial charge in [-0.3, -0.25) is 9.80 Å². The van der Waals surface area contributed by atoms with E-state index in [0.29, 0.717) is 0 Å². The maximum Gasteiger partial charge on any atom is 0.0102 e. The van der Waals surface area contributed by atoms with Crippen molar-refractivity contribution in [3.8, 4) is 0 Å². The molecule has 4 heterocycles. The molecule has 2 nitrogen and oxygen atoms in total. The first-order valence-corrected chi connectivity index (χ1v) is 9.62. The minimum Gasteiger partial charge on any atom is -0.295 e. The lowest BCUT2D eigenvalue weighted by molar-refractivity contribution is 0.104. The molecule has 2 atom stereocenters. The van der Waals surface area contributed by atoms with Crippen LogP contribution in [0.25, 0.3) is 0 Å². The van der Waals surface area contributed by atoms with Crippen molar-refractivity contribution in [3.63, 3.8) is 0 Å². The summed E-state index contributed by atoms with van der Waals surface area (Å²) in [6.07, 6.45) is 13.3. The summed E-state index contributed by atoms with van der Waals surface area (Å²) in [5.74, 6) is 0. The van der Waals surface area contributed by atoms with Crippen LogP contribution in [-0.2, 0) is 0 Å². The number of rotatable bonds is 2. The summed E-state index contributed by atoms with van der Waals surface area (Å²) in [6.45, 7) is 9.35. The molecule has 4 bridgehead atoms. The van der Waals surface area contributed by atoms with E-state index >= 15 is 0 Å². The molecule has 0 aromatic rings. The molecule has 4 rings (SSSR count). The van der Waals surface area contributed by atoms with Gasteiger partial charge >= 0.3 is 0 Å². The van der Waals surface area contributed by atoms with Crippen molar-refractivity contribution in [3.05, 3.63) is 0 Å². The molecule has 0 aliphatic carbocycles. The molecule has 2 heteroatoms. The Morgan fingerprint density at radius 3 is 1.05 bits per heavy atom. The maximum atomic E-state index is 2.75. The summed E-state index contributed by atoms with van der Waals surface area (Å²) in [5.41, 5.74) is 0. The van der Waals surface area contributed by atoms with Crippen molar-refractivity contribution in [2.75, 3.05) is 0 Å². The molecule has 0 N–H and O–H groups in total. The van der Waals surface area contributed by atoms with Gasteiger partial charge < -0.3 is 0 Å². The Kier molecular flexibility index (Phi) is 4.95. The number of nitrogens with zero attached hydrogens (tertiary/aromatic N) is 2. The molecular weight excluding hydrogens is 256 g/mol. The monoisotopic (exact) mass is 292 g/mol. The molecule has 4 fully saturated rings. The predicted octanol–water partition coefficient (Wildman–Crippen LogP) is 4.43. The van der Waals surface area contributed by atoms with Crippen LogP contribution in [0.15, 0.2) is 0 Å². The fourth-order valence-electron chi connectivity index (χ4n) is 5.80. The number of hydrogen-bond acceptors (Lipinski definition) is 2. The Bertz CT molecular complexity index is 302. The van der Waals surface area contributed by atoms with Crippen LogP contribution in [0.2, 0.25) is 0 Å². The summed E-state index contributed by atoms with van der Waals surface area (Å²) in [4.78, 5) is 5.48. The van der Waals surface area contributed by atoms with Gasteiger partial charge in [0.05, 0.1) is 0 Å². The maximum absolute atomic E-state index is 2.75. The zero-order chi connectivity index (χ0) is 15.0. The summed E-state index contributed by atoms with van der Waals surface area (Å²) < 4.78 is 0. The van der Waals surface area contributed by atoms with E-state index in [1.54, 1.807) is 0 Å². The lowest BCUT2D eigenvalue weighted by Gasteiger charge is -2.37. The Hall–Kier alpha value is -0.0800. The molecule has 21 heavy (non-hydrogen) atoms. The predicted molar refractivity (Wildman–Crippen MR) is 90.7 cm³/mol. The molecule has 4 aliphatic rings. The second kappa shape index (κ2) is 6.58. The van der Waals surface area contributed by atoms with Gasteiger partial charge in [-0.25, -0.2) is 0 Å². The van der Waals surface area contributed by atoms with E-state index in [1.165, 1.54) is 57.8 Å². The van der Waals surface area contributed by atoms with Crippen LogP contribution in [0.1, 0.15) is 85.5 Å². The highest BCUT2D eigenvalue weighted by molar-refractivity contribution is 4.96. The van der Waals surface area contributed by atoms with Gasteiger partial charge in [0.25, 0.3) is 0 Å². The van der Waals surface area contributed by atoms with Gasteiger partial charge in [0, 0.05) is 36.3 Å². The van der Waals surface area contributed by atoms with E-state index in [2.05, 4.69) is 37.5 Å². The van der Waals surface area contributed by atoms with Gasteiger partial charge in [0.15, 0.2) is 0 Å². The molecule has 0 radical (unpaired) electrons. The minimum absolute atomic E-state index is 0.785. The zero-order valence-corrected chi connectivity index (χ0v) is 14.7. The van der Waals surface area contributed by atoms with Gasteiger partial charge in [0.1, 0.15) is 0 Å². The topological polar surface area (TPSA) is 6.48 Å². The molecule has 0 amide bonds. The van der Waals surface area contributed by atoms with Crippen molar-refractivity contribution in [1.82, 2.24) is 9.80 Å². The van der Waals surface area contributed by atoms with E-state index in [0.717, 1.165) is 36.3 Å². The number of hydrogen-bond donors (Lipinski definition) is 0. The Morgan fingerprint density at radius 1 is 0.524 bits per heavy atom. The molecule has 4 aliphatic heterocycles. The lowest BCUT2D eigenvalue weighted by atomic mass is 10.0. The van der Waals surface area contributed by atoms with Crippen molar-refractivity contribution < 1.29 is 0 Å². The van der Waals surface area contributed by atoms with Crippen molar-refractivity contribution in [2.45, 2.75) is 122 Å². The van der Waals surface area contributed by atoms with Crippen molar-refractivity contribution in [2.24, 2.45) is 0 Å². The molecule has 0 saturated carbocycles. The Labute approximate surface area is 132 Å². The summed E-state index contributed by atoms with van der Waals surface area (Å²) in [7, 11) is 0. The minimum atomic E-state index is 0.785. The largest absolute Gasteiger partial charge is 0.295 e. The van der Waals surface area contributed by atoms with Gasteiger partial charge in [0.2, 0.25) is 0 Å². The van der Waals surface area contributed by atoms with Crippen LogP contribution in [0.4, 0.5) is 0 Å². The van der Waals surface area contributed by atoms with E-state index in [4.69, 9.17) is 0 Å². The third kappa shape index (κ3) is 3.17. The van der Waals surface area contributed by atoms with E-state index in [-0.39, 0.29) is 0 Å². The van der Waals surface area contributed by atoms with Gasteiger partial charge in [-0.05, 0) is 79.1 Å².